The minimum absolute atomic E-state index is 0.116. The van der Waals surface area contributed by atoms with Gasteiger partial charge in [0.2, 0.25) is 0 Å². The lowest BCUT2D eigenvalue weighted by molar-refractivity contribution is -0.141. The molecule has 4 N–H and O–H groups in total. The molecule has 0 spiro atoms. The zero-order valence-corrected chi connectivity index (χ0v) is 12.7. The third kappa shape index (κ3) is 4.03. The van der Waals surface area contributed by atoms with Crippen LogP contribution in [0, 0.1) is 0 Å². The number of pyridine rings is 1. The van der Waals surface area contributed by atoms with Crippen molar-refractivity contribution in [1.29, 1.82) is 0 Å². The summed E-state index contributed by atoms with van der Waals surface area (Å²) in [6.45, 7) is 0. The van der Waals surface area contributed by atoms with Crippen molar-refractivity contribution in [3.8, 4) is 0 Å². The van der Waals surface area contributed by atoms with Crippen molar-refractivity contribution in [2.75, 3.05) is 22.8 Å². The predicted molar refractivity (Wildman–Crippen MR) is 80.4 cm³/mol. The van der Waals surface area contributed by atoms with Crippen LogP contribution in [0.1, 0.15) is 5.69 Å². The number of nitrogen functional groups attached to an aromatic ring is 1. The average molecular weight is 346 g/mol. The second-order valence-corrected chi connectivity index (χ2v) is 6.23. The maximum Gasteiger partial charge on any atom is 0.433 e. The van der Waals surface area contributed by atoms with Gasteiger partial charge in [-0.15, -0.1) is 0 Å². The Balaban J connectivity index is 2.40. The molecule has 0 saturated carbocycles. The van der Waals surface area contributed by atoms with E-state index < -0.39 is 21.9 Å². The van der Waals surface area contributed by atoms with Crippen molar-refractivity contribution in [2.45, 2.75) is 11.1 Å². The molecule has 0 bridgehead atoms. The minimum Gasteiger partial charge on any atom is -0.399 e. The van der Waals surface area contributed by atoms with Crippen LogP contribution in [0.3, 0.4) is 0 Å². The number of hydrogen-bond donors (Lipinski definition) is 3. The number of anilines is 3. The van der Waals surface area contributed by atoms with Crippen molar-refractivity contribution in [3.63, 3.8) is 0 Å². The Morgan fingerprint density at radius 1 is 1.13 bits per heavy atom. The van der Waals surface area contributed by atoms with Crippen LogP contribution >= 0.6 is 0 Å². The van der Waals surface area contributed by atoms with Gasteiger partial charge in [-0.1, -0.05) is 0 Å². The van der Waals surface area contributed by atoms with E-state index in [0.717, 1.165) is 6.07 Å². The first-order chi connectivity index (χ1) is 10.6. The summed E-state index contributed by atoms with van der Waals surface area (Å²) in [7, 11) is -2.67. The summed E-state index contributed by atoms with van der Waals surface area (Å²) in [5.41, 5.74) is 4.37. The molecule has 1 heterocycles. The van der Waals surface area contributed by atoms with Gasteiger partial charge in [-0.25, -0.2) is 13.4 Å². The minimum atomic E-state index is -4.70. The average Bonchev–Trinajstić information content (AvgIpc) is 2.46. The number of halogens is 3. The van der Waals surface area contributed by atoms with Crippen LogP contribution in [0.5, 0.6) is 0 Å². The first kappa shape index (κ1) is 16.9. The lowest BCUT2D eigenvalue weighted by atomic mass is 10.3. The number of benzene rings is 1. The van der Waals surface area contributed by atoms with Crippen molar-refractivity contribution in [3.05, 3.63) is 42.1 Å². The number of aromatic nitrogens is 1. The highest BCUT2D eigenvalue weighted by Crippen LogP contribution is 2.31. The number of sulfonamides is 1. The molecule has 0 aliphatic carbocycles. The Kier molecular flexibility index (Phi) is 4.37. The van der Waals surface area contributed by atoms with Gasteiger partial charge in [0.15, 0.2) is 0 Å². The van der Waals surface area contributed by atoms with Gasteiger partial charge in [0.1, 0.15) is 11.5 Å². The smallest absolute Gasteiger partial charge is 0.399 e. The third-order valence-corrected chi connectivity index (χ3v) is 4.21. The van der Waals surface area contributed by atoms with Crippen LogP contribution in [0.2, 0.25) is 0 Å². The van der Waals surface area contributed by atoms with Crippen molar-refractivity contribution >= 4 is 27.2 Å². The molecule has 0 amide bonds. The number of nitrogens with one attached hydrogen (secondary N) is 2. The molecular weight excluding hydrogens is 333 g/mol. The molecule has 1 aromatic heterocycles. The van der Waals surface area contributed by atoms with Gasteiger partial charge >= 0.3 is 6.18 Å². The summed E-state index contributed by atoms with van der Waals surface area (Å²) in [4.78, 5) is 3.23. The molecule has 6 nitrogen and oxygen atoms in total. The SMILES string of the molecule is CNc1cc(NS(=O)(=O)c2ccc(N)cc2)cc(C(F)(F)F)n1. The highest BCUT2D eigenvalue weighted by molar-refractivity contribution is 7.92. The Labute approximate surface area is 130 Å². The van der Waals surface area contributed by atoms with E-state index in [0.29, 0.717) is 11.8 Å². The van der Waals surface area contributed by atoms with E-state index >= 15 is 0 Å². The maximum atomic E-state index is 12.8. The third-order valence-electron chi connectivity index (χ3n) is 2.81. The van der Waals surface area contributed by atoms with Crippen molar-refractivity contribution in [1.82, 2.24) is 4.98 Å². The first-order valence-electron chi connectivity index (χ1n) is 6.27. The predicted octanol–water partition coefficient (Wildman–Crippen LogP) is 2.53. The van der Waals surface area contributed by atoms with Crippen LogP contribution in [-0.4, -0.2) is 20.4 Å². The molecule has 0 atom stereocenters. The topological polar surface area (TPSA) is 97.1 Å². The Morgan fingerprint density at radius 2 is 1.74 bits per heavy atom. The molecule has 0 radical (unpaired) electrons. The van der Waals surface area contributed by atoms with Gasteiger partial charge in [-0.3, -0.25) is 4.72 Å². The fourth-order valence-electron chi connectivity index (χ4n) is 1.72. The fourth-order valence-corrected chi connectivity index (χ4v) is 2.76. The molecular formula is C13H13F3N4O2S. The summed E-state index contributed by atoms with van der Waals surface area (Å²) >= 11 is 0. The fraction of sp³-hybridized carbons (Fsp3) is 0.154. The number of alkyl halides is 3. The Hall–Kier alpha value is -2.49. The molecule has 124 valence electrons. The van der Waals surface area contributed by atoms with Crippen molar-refractivity contribution in [2.24, 2.45) is 0 Å². The molecule has 0 aliphatic rings. The van der Waals surface area contributed by atoms with E-state index in [9.17, 15) is 21.6 Å². The molecule has 1 aromatic carbocycles. The summed E-state index contributed by atoms with van der Waals surface area (Å²) in [6.07, 6.45) is -4.70. The Morgan fingerprint density at radius 3 is 2.26 bits per heavy atom. The normalized spacial score (nSPS) is 12.0. The number of rotatable bonds is 4. The molecule has 0 fully saturated rings. The van der Waals surface area contributed by atoms with Gasteiger partial charge in [0, 0.05) is 18.8 Å². The van der Waals surface area contributed by atoms with Crippen LogP contribution in [0.4, 0.5) is 30.4 Å². The van der Waals surface area contributed by atoms with E-state index in [4.69, 9.17) is 5.73 Å². The quantitative estimate of drug-likeness (QED) is 0.739. The lowest BCUT2D eigenvalue weighted by Crippen LogP contribution is -2.15. The van der Waals surface area contributed by atoms with E-state index in [2.05, 4.69) is 15.0 Å². The van der Waals surface area contributed by atoms with Crippen LogP contribution < -0.4 is 15.8 Å². The van der Waals surface area contributed by atoms with Gasteiger partial charge in [0.05, 0.1) is 10.6 Å². The van der Waals surface area contributed by atoms with E-state index in [1.54, 1.807) is 0 Å². The van der Waals surface area contributed by atoms with Crippen LogP contribution in [0.25, 0.3) is 0 Å². The lowest BCUT2D eigenvalue weighted by Gasteiger charge is -2.13. The van der Waals surface area contributed by atoms with E-state index in [1.807, 2.05) is 0 Å². The zero-order chi connectivity index (χ0) is 17.3. The summed E-state index contributed by atoms with van der Waals surface area (Å²) in [5.74, 6) is -0.116. The second-order valence-electron chi connectivity index (χ2n) is 4.55. The molecule has 0 saturated heterocycles. The molecule has 23 heavy (non-hydrogen) atoms. The monoisotopic (exact) mass is 346 g/mol. The Bertz CT molecular complexity index is 805. The van der Waals surface area contributed by atoms with E-state index in [-0.39, 0.29) is 16.4 Å². The highest BCUT2D eigenvalue weighted by Gasteiger charge is 2.33. The molecule has 2 rings (SSSR count). The number of nitrogens with zero attached hydrogens (tertiary/aromatic N) is 1. The van der Waals surface area contributed by atoms with Crippen LogP contribution in [-0.2, 0) is 16.2 Å². The first-order valence-corrected chi connectivity index (χ1v) is 7.75. The van der Waals surface area contributed by atoms with Gasteiger partial charge in [-0.05, 0) is 30.3 Å². The summed E-state index contributed by atoms with van der Waals surface area (Å²) in [6, 6.07) is 7.04. The molecule has 0 aliphatic heterocycles. The largest absolute Gasteiger partial charge is 0.433 e. The van der Waals surface area contributed by atoms with Gasteiger partial charge in [-0.2, -0.15) is 13.2 Å². The van der Waals surface area contributed by atoms with Crippen LogP contribution in [0.15, 0.2) is 41.3 Å². The summed E-state index contributed by atoms with van der Waals surface area (Å²) < 4.78 is 64.9. The van der Waals surface area contributed by atoms with E-state index in [1.165, 1.54) is 31.3 Å². The maximum absolute atomic E-state index is 12.8. The molecule has 0 unspecified atom stereocenters. The highest BCUT2D eigenvalue weighted by atomic mass is 32.2. The van der Waals surface area contributed by atoms with Crippen molar-refractivity contribution < 1.29 is 21.6 Å². The number of nitrogens with two attached hydrogens (primary N) is 1. The number of hydrogen-bond acceptors (Lipinski definition) is 5. The second kappa shape index (κ2) is 5.95. The summed E-state index contributed by atoms with van der Waals surface area (Å²) in [5, 5.41) is 2.45. The standard InChI is InChI=1S/C13H13F3N4O2S/c1-18-12-7-9(6-11(19-12)13(14,15)16)20-23(21,22)10-4-2-8(17)3-5-10/h2-7H,17H2,1H3,(H2,18,19,20). The molecule has 10 heteroatoms. The van der Waals surface area contributed by atoms with Gasteiger partial charge in [0.25, 0.3) is 10.0 Å². The van der Waals surface area contributed by atoms with Gasteiger partial charge < -0.3 is 11.1 Å². The molecule has 2 aromatic rings. The zero-order valence-electron chi connectivity index (χ0n) is 11.8.